The van der Waals surface area contributed by atoms with Gasteiger partial charge >= 0.3 is 0 Å². The Morgan fingerprint density at radius 1 is 1.14 bits per heavy atom. The third kappa shape index (κ3) is 3.99. The largest absolute Gasteiger partial charge is 0.374 e. The zero-order valence-corrected chi connectivity index (χ0v) is 18.3. The molecule has 3 heterocycles. The molecule has 0 unspecified atom stereocenters. The zero-order valence-electron chi connectivity index (χ0n) is 16.6. The molecule has 0 aliphatic carbocycles. The first-order valence-corrected chi connectivity index (χ1v) is 12.4. The fourth-order valence-electron chi connectivity index (χ4n) is 4.26. The van der Waals surface area contributed by atoms with Crippen LogP contribution in [0.2, 0.25) is 0 Å². The predicted molar refractivity (Wildman–Crippen MR) is 116 cm³/mol. The first kappa shape index (κ1) is 19.9. The van der Waals surface area contributed by atoms with Crippen LogP contribution >= 0.6 is 11.3 Å². The summed E-state index contributed by atoms with van der Waals surface area (Å²) < 4.78 is 28.9. The second kappa shape index (κ2) is 8.14. The Morgan fingerprint density at radius 3 is 2.64 bits per heavy atom. The van der Waals surface area contributed by atoms with E-state index in [4.69, 9.17) is 0 Å². The molecule has 1 aromatic heterocycles. The number of anilines is 1. The Labute approximate surface area is 172 Å². The van der Waals surface area contributed by atoms with E-state index in [0.29, 0.717) is 10.8 Å². The molecule has 0 bridgehead atoms. The maximum absolute atomic E-state index is 12.8. The van der Waals surface area contributed by atoms with E-state index in [2.05, 4.69) is 39.8 Å². The summed E-state index contributed by atoms with van der Waals surface area (Å²) in [7, 11) is -1.34. The summed E-state index contributed by atoms with van der Waals surface area (Å²) >= 11 is 1.37. The van der Waals surface area contributed by atoms with Crippen molar-refractivity contribution < 1.29 is 8.42 Å². The molecule has 0 saturated carbocycles. The number of aryl methyl sites for hydroxylation is 1. The average Bonchev–Trinajstić information content (AvgIpc) is 3.43. The van der Waals surface area contributed by atoms with E-state index in [1.807, 2.05) is 13.0 Å². The van der Waals surface area contributed by atoms with Crippen molar-refractivity contribution in [3.63, 3.8) is 0 Å². The van der Waals surface area contributed by atoms with Crippen LogP contribution in [0.15, 0.2) is 34.5 Å². The molecule has 2 aromatic rings. The summed E-state index contributed by atoms with van der Waals surface area (Å²) in [5.41, 5.74) is 3.90. The second-order valence-electron chi connectivity index (χ2n) is 7.74. The zero-order chi connectivity index (χ0) is 19.7. The molecule has 5 nitrogen and oxygen atoms in total. The summed E-state index contributed by atoms with van der Waals surface area (Å²) in [4.78, 5) is 5.81. The van der Waals surface area contributed by atoms with Crippen molar-refractivity contribution in [3.05, 3.63) is 46.3 Å². The summed E-state index contributed by atoms with van der Waals surface area (Å²) in [6.45, 7) is 5.57. The van der Waals surface area contributed by atoms with Crippen molar-refractivity contribution in [2.24, 2.45) is 0 Å². The number of rotatable bonds is 7. The number of hydrogen-bond donors (Lipinski definition) is 1. The molecule has 0 amide bonds. The van der Waals surface area contributed by atoms with Gasteiger partial charge < -0.3 is 4.90 Å². The van der Waals surface area contributed by atoms with Gasteiger partial charge in [-0.1, -0.05) is 19.1 Å². The molecule has 7 heteroatoms. The fourth-order valence-corrected chi connectivity index (χ4v) is 6.64. The van der Waals surface area contributed by atoms with Crippen LogP contribution in [0, 0.1) is 0 Å². The Hall–Kier alpha value is -1.41. The normalized spacial score (nSPS) is 18.6. The van der Waals surface area contributed by atoms with Gasteiger partial charge in [-0.25, -0.2) is 13.1 Å². The Balaban J connectivity index is 1.55. The highest BCUT2D eigenvalue weighted by molar-refractivity contribution is 7.91. The quantitative estimate of drug-likeness (QED) is 0.747. The molecule has 1 saturated heterocycles. The molecule has 1 aromatic carbocycles. The predicted octanol–water partition coefficient (Wildman–Crippen LogP) is 3.42. The van der Waals surface area contributed by atoms with Gasteiger partial charge in [-0.2, -0.15) is 0 Å². The molecular formula is C21H29N3O2S2. The number of likely N-dealkylation sites (N-methyl/N-ethyl adjacent to an activating group) is 1. The molecule has 1 atom stereocenters. The van der Waals surface area contributed by atoms with Gasteiger partial charge in [-0.05, 0) is 68.1 Å². The molecule has 2 aliphatic rings. The van der Waals surface area contributed by atoms with Crippen molar-refractivity contribution >= 4 is 27.0 Å². The number of fused-ring (bicyclic) bond motifs is 1. The standard InChI is InChI=1S/C21H29N3O2S2/c1-3-18-7-9-21(27-18)28(25,26)22-15-20(24-11-4-5-12-24)16-6-8-19-17(14-16)10-13-23(19)2/h6-9,14,20,22H,3-5,10-13,15H2,1-2H3/t20-/m0/s1. The SMILES string of the molecule is CCc1ccc(S(=O)(=O)NC[C@@H](c2ccc3c(c2)CCN3C)N2CCCC2)s1. The lowest BCUT2D eigenvalue weighted by atomic mass is 10.0. The van der Waals surface area contributed by atoms with Crippen molar-refractivity contribution in [1.29, 1.82) is 0 Å². The second-order valence-corrected chi connectivity index (χ2v) is 10.9. The average molecular weight is 420 g/mol. The Bertz CT molecular complexity index is 933. The van der Waals surface area contributed by atoms with Crippen molar-refractivity contribution in [2.45, 2.75) is 42.9 Å². The van der Waals surface area contributed by atoms with E-state index in [0.717, 1.165) is 37.4 Å². The van der Waals surface area contributed by atoms with Crippen LogP contribution in [0.5, 0.6) is 0 Å². The highest BCUT2D eigenvalue weighted by Crippen LogP contribution is 2.32. The number of thiophene rings is 1. The van der Waals surface area contributed by atoms with Gasteiger partial charge in [-0.3, -0.25) is 4.90 Å². The van der Waals surface area contributed by atoms with Crippen LogP contribution in [-0.2, 0) is 22.9 Å². The molecule has 28 heavy (non-hydrogen) atoms. The molecule has 0 spiro atoms. The molecule has 2 aliphatic heterocycles. The minimum atomic E-state index is -3.47. The highest BCUT2D eigenvalue weighted by Gasteiger charge is 2.27. The minimum Gasteiger partial charge on any atom is -0.374 e. The molecule has 152 valence electrons. The van der Waals surface area contributed by atoms with E-state index in [-0.39, 0.29) is 6.04 Å². The molecule has 0 radical (unpaired) electrons. The number of nitrogens with zero attached hydrogens (tertiary/aromatic N) is 2. The smallest absolute Gasteiger partial charge is 0.250 e. The summed E-state index contributed by atoms with van der Waals surface area (Å²) in [5.74, 6) is 0. The Morgan fingerprint density at radius 2 is 1.93 bits per heavy atom. The van der Waals surface area contributed by atoms with Gasteiger partial charge in [0.2, 0.25) is 10.0 Å². The topological polar surface area (TPSA) is 52.7 Å². The van der Waals surface area contributed by atoms with E-state index >= 15 is 0 Å². The van der Waals surface area contributed by atoms with Crippen molar-refractivity contribution in [2.75, 3.05) is 38.1 Å². The maximum atomic E-state index is 12.8. The number of hydrogen-bond acceptors (Lipinski definition) is 5. The van der Waals surface area contributed by atoms with Crippen LogP contribution in [0.3, 0.4) is 0 Å². The van der Waals surface area contributed by atoms with Crippen LogP contribution in [0.4, 0.5) is 5.69 Å². The van der Waals surface area contributed by atoms with Gasteiger partial charge in [0.15, 0.2) is 0 Å². The van der Waals surface area contributed by atoms with E-state index in [1.165, 1.54) is 41.0 Å². The summed E-state index contributed by atoms with van der Waals surface area (Å²) in [6.07, 6.45) is 4.29. The first-order chi connectivity index (χ1) is 13.5. The van der Waals surface area contributed by atoms with Gasteiger partial charge in [-0.15, -0.1) is 11.3 Å². The van der Waals surface area contributed by atoms with Crippen LogP contribution < -0.4 is 9.62 Å². The summed E-state index contributed by atoms with van der Waals surface area (Å²) in [6, 6.07) is 10.4. The molecule has 1 N–H and O–H groups in total. The Kier molecular flexibility index (Phi) is 5.78. The van der Waals surface area contributed by atoms with E-state index in [9.17, 15) is 8.42 Å². The van der Waals surface area contributed by atoms with Crippen LogP contribution in [0.1, 0.15) is 41.8 Å². The van der Waals surface area contributed by atoms with Crippen LogP contribution in [-0.4, -0.2) is 46.5 Å². The summed E-state index contributed by atoms with van der Waals surface area (Å²) in [5, 5.41) is 0. The van der Waals surface area contributed by atoms with E-state index in [1.54, 1.807) is 6.07 Å². The lowest BCUT2D eigenvalue weighted by Crippen LogP contribution is -2.36. The molecule has 1 fully saturated rings. The van der Waals surface area contributed by atoms with Gasteiger partial charge in [0.05, 0.1) is 0 Å². The number of nitrogens with one attached hydrogen (secondary N) is 1. The lowest BCUT2D eigenvalue weighted by molar-refractivity contribution is 0.246. The highest BCUT2D eigenvalue weighted by atomic mass is 32.2. The van der Waals surface area contributed by atoms with Gasteiger partial charge in [0.25, 0.3) is 0 Å². The van der Waals surface area contributed by atoms with Crippen LogP contribution in [0.25, 0.3) is 0 Å². The van der Waals surface area contributed by atoms with Gasteiger partial charge in [0, 0.05) is 36.7 Å². The number of likely N-dealkylation sites (tertiary alicyclic amines) is 1. The number of benzene rings is 1. The molecule has 4 rings (SSSR count). The third-order valence-corrected chi connectivity index (χ3v) is 9.06. The van der Waals surface area contributed by atoms with Crippen molar-refractivity contribution in [1.82, 2.24) is 9.62 Å². The first-order valence-electron chi connectivity index (χ1n) is 10.1. The van der Waals surface area contributed by atoms with E-state index < -0.39 is 10.0 Å². The number of sulfonamides is 1. The van der Waals surface area contributed by atoms with Gasteiger partial charge in [0.1, 0.15) is 4.21 Å². The maximum Gasteiger partial charge on any atom is 0.250 e. The molecular weight excluding hydrogens is 390 g/mol. The monoisotopic (exact) mass is 419 g/mol. The third-order valence-electron chi connectivity index (χ3n) is 5.91. The van der Waals surface area contributed by atoms with Crippen molar-refractivity contribution in [3.8, 4) is 0 Å². The lowest BCUT2D eigenvalue weighted by Gasteiger charge is -2.28. The minimum absolute atomic E-state index is 0.0825. The fraction of sp³-hybridized carbons (Fsp3) is 0.524.